The van der Waals surface area contributed by atoms with Crippen LogP contribution in [-0.4, -0.2) is 55.4 Å². The van der Waals surface area contributed by atoms with Gasteiger partial charge in [-0.05, 0) is 6.92 Å². The van der Waals surface area contributed by atoms with Crippen LogP contribution in [0.15, 0.2) is 23.3 Å². The number of allylic oxidation sites excluding steroid dienone is 3. The maximum atomic E-state index is 9.05. The van der Waals surface area contributed by atoms with Crippen LogP contribution in [0.3, 0.4) is 0 Å². The van der Waals surface area contributed by atoms with Crippen molar-refractivity contribution in [1.82, 2.24) is 4.90 Å². The molecule has 1 saturated heterocycles. The summed E-state index contributed by atoms with van der Waals surface area (Å²) in [7, 11) is 1.63. The summed E-state index contributed by atoms with van der Waals surface area (Å²) in [6.45, 7) is 5.50. The van der Waals surface area contributed by atoms with E-state index < -0.39 is 0 Å². The van der Waals surface area contributed by atoms with Gasteiger partial charge in [-0.1, -0.05) is 0 Å². The number of nitrogens with zero attached hydrogens (tertiary/aromatic N) is 3. The molecular weight excluding hydrogens is 246 g/mol. The Balaban J connectivity index is 2.31. The minimum Gasteiger partial charge on any atom is -0.498 e. The van der Waals surface area contributed by atoms with Crippen LogP contribution >= 0.6 is 0 Å². The molecule has 0 bridgehead atoms. The first kappa shape index (κ1) is 13.6. The van der Waals surface area contributed by atoms with Crippen molar-refractivity contribution in [3.63, 3.8) is 0 Å². The van der Waals surface area contributed by atoms with Crippen molar-refractivity contribution in [2.45, 2.75) is 13.3 Å². The van der Waals surface area contributed by atoms with Gasteiger partial charge in [-0.2, -0.15) is 4.79 Å². The average Bonchev–Trinajstić information content (AvgIpc) is 2.48. The summed E-state index contributed by atoms with van der Waals surface area (Å²) in [5.74, 6) is 1.39. The zero-order chi connectivity index (χ0) is 13.7. The monoisotopic (exact) mass is 265 g/mol. The molecule has 1 heterocycles. The van der Waals surface area contributed by atoms with E-state index in [9.17, 15) is 0 Å². The smallest absolute Gasteiger partial charge is 0.341 e. The predicted octanol–water partition coefficient (Wildman–Crippen LogP) is 1.17. The molecule has 2 aliphatic rings. The fourth-order valence-corrected chi connectivity index (χ4v) is 2.23. The van der Waals surface area contributed by atoms with Crippen molar-refractivity contribution in [3.05, 3.63) is 28.8 Å². The highest BCUT2D eigenvalue weighted by molar-refractivity contribution is 5.97. The molecule has 0 atom stereocenters. The third kappa shape index (κ3) is 2.97. The van der Waals surface area contributed by atoms with Gasteiger partial charge in [0.1, 0.15) is 12.2 Å². The summed E-state index contributed by atoms with van der Waals surface area (Å²) in [6.07, 6.45) is 2.32. The Kier molecular flexibility index (Phi) is 4.60. The number of ether oxygens (including phenoxy) is 3. The molecule has 0 aromatic carbocycles. The molecule has 0 N–H and O–H groups in total. The van der Waals surface area contributed by atoms with Crippen LogP contribution in [0.25, 0.3) is 5.53 Å². The Morgan fingerprint density at radius 2 is 2.16 bits per heavy atom. The summed E-state index contributed by atoms with van der Waals surface area (Å²) in [4.78, 5) is 5.50. The molecule has 2 rings (SSSR count). The largest absolute Gasteiger partial charge is 0.498 e. The van der Waals surface area contributed by atoms with Gasteiger partial charge in [0, 0.05) is 19.2 Å². The lowest BCUT2D eigenvalue weighted by Gasteiger charge is -2.32. The normalized spacial score (nSPS) is 20.0. The molecule has 1 aliphatic carbocycles. The summed E-state index contributed by atoms with van der Waals surface area (Å²) >= 11 is 0. The molecule has 19 heavy (non-hydrogen) atoms. The van der Waals surface area contributed by atoms with Gasteiger partial charge in [0.05, 0.1) is 32.6 Å². The molecule has 0 unspecified atom stereocenters. The van der Waals surface area contributed by atoms with E-state index >= 15 is 0 Å². The van der Waals surface area contributed by atoms with E-state index in [4.69, 9.17) is 19.7 Å². The maximum Gasteiger partial charge on any atom is 0.341 e. The highest BCUT2D eigenvalue weighted by Crippen LogP contribution is 2.26. The van der Waals surface area contributed by atoms with Crippen molar-refractivity contribution >= 4 is 5.71 Å². The van der Waals surface area contributed by atoms with Crippen LogP contribution in [0.2, 0.25) is 0 Å². The fourth-order valence-electron chi connectivity index (χ4n) is 2.23. The molecule has 0 spiro atoms. The average molecular weight is 265 g/mol. The molecule has 6 heteroatoms. The van der Waals surface area contributed by atoms with Crippen LogP contribution in [0, 0.1) is 0 Å². The summed E-state index contributed by atoms with van der Waals surface area (Å²) in [5, 5.41) is 0. The Hall–Kier alpha value is -1.78. The summed E-state index contributed by atoms with van der Waals surface area (Å²) < 4.78 is 16.3. The molecule has 104 valence electrons. The zero-order valence-corrected chi connectivity index (χ0v) is 11.4. The molecular formula is C13H19N3O3. The Morgan fingerprint density at radius 1 is 1.42 bits per heavy atom. The highest BCUT2D eigenvalue weighted by Gasteiger charge is 2.30. The number of morpholine rings is 1. The van der Waals surface area contributed by atoms with E-state index in [0.29, 0.717) is 37.7 Å². The molecule has 0 amide bonds. The third-order valence-electron chi connectivity index (χ3n) is 3.18. The lowest BCUT2D eigenvalue weighted by Crippen LogP contribution is -2.37. The second-order valence-electron chi connectivity index (χ2n) is 4.28. The van der Waals surface area contributed by atoms with Crippen molar-refractivity contribution in [1.29, 1.82) is 0 Å². The lowest BCUT2D eigenvalue weighted by atomic mass is 10.0. The van der Waals surface area contributed by atoms with Gasteiger partial charge in [0.15, 0.2) is 0 Å². The Morgan fingerprint density at radius 3 is 2.74 bits per heavy atom. The van der Waals surface area contributed by atoms with E-state index in [2.05, 4.69) is 9.69 Å². The minimum absolute atomic E-state index is 0.436. The number of hydrogen-bond donors (Lipinski definition) is 0. The molecule has 0 aromatic heterocycles. The quantitative estimate of drug-likeness (QED) is 0.565. The van der Waals surface area contributed by atoms with Gasteiger partial charge in [-0.15, -0.1) is 0 Å². The number of hydrogen-bond acceptors (Lipinski definition) is 4. The lowest BCUT2D eigenvalue weighted by molar-refractivity contribution is -0.0137. The Bertz CT molecular complexity index is 444. The van der Waals surface area contributed by atoms with Crippen LogP contribution in [0.5, 0.6) is 0 Å². The number of methoxy groups -OCH3 is 1. The Labute approximate surface area is 112 Å². The molecule has 0 aromatic rings. The predicted molar refractivity (Wildman–Crippen MR) is 69.4 cm³/mol. The SMILES string of the molecule is CCOC1=CC(N2CCOCC2)=C(OC)CC1=[N+]=[N-]. The van der Waals surface area contributed by atoms with Crippen molar-refractivity contribution in [2.24, 2.45) is 0 Å². The molecule has 0 radical (unpaired) electrons. The van der Waals surface area contributed by atoms with Crippen LogP contribution in [0.1, 0.15) is 13.3 Å². The molecule has 1 fully saturated rings. The van der Waals surface area contributed by atoms with Gasteiger partial charge >= 0.3 is 5.71 Å². The molecule has 1 aliphatic heterocycles. The molecule has 6 nitrogen and oxygen atoms in total. The van der Waals surface area contributed by atoms with Gasteiger partial charge in [0.25, 0.3) is 0 Å². The van der Waals surface area contributed by atoms with Gasteiger partial charge in [0.2, 0.25) is 5.76 Å². The summed E-state index contributed by atoms with van der Waals surface area (Å²) in [5.41, 5.74) is 10.5. The van der Waals surface area contributed by atoms with Crippen molar-refractivity contribution in [3.8, 4) is 0 Å². The first-order valence-corrected chi connectivity index (χ1v) is 6.45. The summed E-state index contributed by atoms with van der Waals surface area (Å²) in [6, 6.07) is 0. The maximum absolute atomic E-state index is 9.05. The second kappa shape index (κ2) is 6.41. The van der Waals surface area contributed by atoms with Crippen molar-refractivity contribution in [2.75, 3.05) is 40.0 Å². The van der Waals surface area contributed by atoms with Crippen LogP contribution in [-0.2, 0) is 14.2 Å². The van der Waals surface area contributed by atoms with Crippen LogP contribution < -0.4 is 0 Å². The van der Waals surface area contributed by atoms with E-state index in [-0.39, 0.29) is 0 Å². The zero-order valence-electron chi connectivity index (χ0n) is 11.4. The third-order valence-corrected chi connectivity index (χ3v) is 3.18. The van der Waals surface area contributed by atoms with Gasteiger partial charge in [-0.25, -0.2) is 0 Å². The van der Waals surface area contributed by atoms with Crippen LogP contribution in [0.4, 0.5) is 0 Å². The van der Waals surface area contributed by atoms with Gasteiger partial charge < -0.3 is 24.6 Å². The standard InChI is InChI=1S/C13H19N3O3/c1-3-19-12-9-11(16-4-6-18-7-5-16)13(17-2)8-10(12)15-14/h9H,3-8H2,1-2H3. The van der Waals surface area contributed by atoms with E-state index in [1.165, 1.54) is 0 Å². The first-order chi connectivity index (χ1) is 9.30. The first-order valence-electron chi connectivity index (χ1n) is 6.45. The fraction of sp³-hybridized carbons (Fsp3) is 0.615. The van der Waals surface area contributed by atoms with Crippen molar-refractivity contribution < 1.29 is 19.0 Å². The highest BCUT2D eigenvalue weighted by atomic mass is 16.5. The topological polar surface area (TPSA) is 67.3 Å². The number of rotatable bonds is 4. The van der Waals surface area contributed by atoms with E-state index in [1.807, 2.05) is 13.0 Å². The van der Waals surface area contributed by atoms with Gasteiger partial charge in [-0.3, -0.25) is 0 Å². The minimum atomic E-state index is 0.436. The molecule has 0 saturated carbocycles. The van der Waals surface area contributed by atoms with E-state index in [0.717, 1.165) is 24.5 Å². The second-order valence-corrected chi connectivity index (χ2v) is 4.28. The van der Waals surface area contributed by atoms with E-state index in [1.54, 1.807) is 7.11 Å².